The first-order valence-corrected chi connectivity index (χ1v) is 6.27. The van der Waals surface area contributed by atoms with E-state index >= 15 is 0 Å². The van der Waals surface area contributed by atoms with E-state index in [1.54, 1.807) is 36.4 Å². The maximum Gasteiger partial charge on any atom is 0.328 e. The van der Waals surface area contributed by atoms with Crippen LogP contribution in [0.1, 0.15) is 5.56 Å². The molecule has 0 heterocycles. The van der Waals surface area contributed by atoms with Crippen molar-refractivity contribution in [3.05, 3.63) is 66.2 Å². The lowest BCUT2D eigenvalue weighted by Gasteiger charge is -2.07. The second kappa shape index (κ2) is 6.91. The number of rotatable bonds is 4. The summed E-state index contributed by atoms with van der Waals surface area (Å²) >= 11 is 0. The molecule has 0 saturated carbocycles. The number of hydrogen-bond donors (Lipinski definition) is 3. The Morgan fingerprint density at radius 3 is 2.00 bits per heavy atom. The summed E-state index contributed by atoms with van der Waals surface area (Å²) in [6, 6.07) is 15.6. The number of amides is 2. The van der Waals surface area contributed by atoms with Gasteiger partial charge in [0.1, 0.15) is 0 Å². The zero-order valence-electron chi connectivity index (χ0n) is 11.1. The van der Waals surface area contributed by atoms with E-state index in [1.807, 2.05) is 18.2 Å². The van der Waals surface area contributed by atoms with Gasteiger partial charge in [0.05, 0.1) is 0 Å². The van der Waals surface area contributed by atoms with Crippen molar-refractivity contribution in [2.45, 2.75) is 0 Å². The van der Waals surface area contributed by atoms with Gasteiger partial charge in [0.15, 0.2) is 0 Å². The fourth-order valence-corrected chi connectivity index (χ4v) is 1.66. The number of urea groups is 1. The molecule has 0 atom stereocenters. The monoisotopic (exact) mass is 282 g/mol. The standard InChI is InChI=1S/C16H14N2O3/c19-15(20)11-8-12-6-9-14(10-7-12)18-16(21)17-13-4-2-1-3-5-13/h1-11H,(H,19,20)(H2,17,18,21)/b11-8+. The minimum absolute atomic E-state index is 0.338. The first-order chi connectivity index (χ1) is 10.1. The van der Waals surface area contributed by atoms with Crippen LogP contribution in [0.15, 0.2) is 60.7 Å². The maximum absolute atomic E-state index is 11.8. The van der Waals surface area contributed by atoms with Gasteiger partial charge < -0.3 is 15.7 Å². The molecule has 2 rings (SSSR count). The van der Waals surface area contributed by atoms with Crippen LogP contribution in [0.3, 0.4) is 0 Å². The van der Waals surface area contributed by atoms with E-state index in [0.717, 1.165) is 11.6 Å². The molecule has 2 aromatic rings. The lowest BCUT2D eigenvalue weighted by Crippen LogP contribution is -2.19. The van der Waals surface area contributed by atoms with Crippen molar-refractivity contribution in [1.82, 2.24) is 0 Å². The number of anilines is 2. The van der Waals surface area contributed by atoms with Crippen LogP contribution < -0.4 is 10.6 Å². The van der Waals surface area contributed by atoms with Crippen LogP contribution in [-0.4, -0.2) is 17.1 Å². The maximum atomic E-state index is 11.8. The number of carbonyl (C=O) groups is 2. The van der Waals surface area contributed by atoms with Crippen LogP contribution in [-0.2, 0) is 4.79 Å². The molecule has 0 aliphatic carbocycles. The van der Waals surface area contributed by atoms with E-state index in [-0.39, 0.29) is 6.03 Å². The van der Waals surface area contributed by atoms with E-state index in [2.05, 4.69) is 10.6 Å². The first kappa shape index (κ1) is 14.3. The Morgan fingerprint density at radius 2 is 1.43 bits per heavy atom. The predicted molar refractivity (Wildman–Crippen MR) is 82.2 cm³/mol. The molecule has 21 heavy (non-hydrogen) atoms. The van der Waals surface area contributed by atoms with Gasteiger partial charge in [-0.2, -0.15) is 0 Å². The molecule has 5 heteroatoms. The second-order valence-electron chi connectivity index (χ2n) is 4.24. The lowest BCUT2D eigenvalue weighted by atomic mass is 10.2. The fourth-order valence-electron chi connectivity index (χ4n) is 1.66. The molecule has 5 nitrogen and oxygen atoms in total. The van der Waals surface area contributed by atoms with Crippen LogP contribution in [0.5, 0.6) is 0 Å². The van der Waals surface area contributed by atoms with Crippen LogP contribution in [0.4, 0.5) is 16.2 Å². The van der Waals surface area contributed by atoms with Gasteiger partial charge in [-0.3, -0.25) is 0 Å². The topological polar surface area (TPSA) is 78.4 Å². The van der Waals surface area contributed by atoms with Crippen LogP contribution >= 0.6 is 0 Å². The molecule has 0 aliphatic heterocycles. The van der Waals surface area contributed by atoms with Crippen molar-refractivity contribution in [3.63, 3.8) is 0 Å². The zero-order valence-corrected chi connectivity index (χ0v) is 11.1. The van der Waals surface area contributed by atoms with E-state index < -0.39 is 5.97 Å². The van der Waals surface area contributed by atoms with E-state index in [1.165, 1.54) is 6.08 Å². The van der Waals surface area contributed by atoms with Gasteiger partial charge in [-0.05, 0) is 35.9 Å². The van der Waals surface area contributed by atoms with Crippen molar-refractivity contribution >= 4 is 29.5 Å². The summed E-state index contributed by atoms with van der Waals surface area (Å²) in [4.78, 5) is 22.2. The summed E-state index contributed by atoms with van der Waals surface area (Å²) in [6.45, 7) is 0. The van der Waals surface area contributed by atoms with Crippen molar-refractivity contribution < 1.29 is 14.7 Å². The Labute approximate surface area is 121 Å². The fraction of sp³-hybridized carbons (Fsp3) is 0. The molecule has 2 amide bonds. The van der Waals surface area contributed by atoms with E-state index in [9.17, 15) is 9.59 Å². The SMILES string of the molecule is O=C(O)/C=C/c1ccc(NC(=O)Nc2ccccc2)cc1. The average Bonchev–Trinajstić information content (AvgIpc) is 2.47. The number of nitrogens with one attached hydrogen (secondary N) is 2. The molecular formula is C16H14N2O3. The number of hydrogen-bond acceptors (Lipinski definition) is 2. The summed E-state index contributed by atoms with van der Waals surface area (Å²) in [5.41, 5.74) is 2.07. The molecule has 106 valence electrons. The molecule has 0 radical (unpaired) electrons. The Balaban J connectivity index is 1.94. The molecule has 0 bridgehead atoms. The molecule has 3 N–H and O–H groups in total. The van der Waals surface area contributed by atoms with Crippen LogP contribution in [0.2, 0.25) is 0 Å². The third-order valence-electron chi connectivity index (χ3n) is 2.62. The van der Waals surface area contributed by atoms with Crippen molar-refractivity contribution in [1.29, 1.82) is 0 Å². The van der Waals surface area contributed by atoms with Gasteiger partial charge in [-0.15, -0.1) is 0 Å². The third-order valence-corrected chi connectivity index (χ3v) is 2.62. The van der Waals surface area contributed by atoms with Crippen molar-refractivity contribution in [2.24, 2.45) is 0 Å². The molecule has 2 aromatic carbocycles. The Morgan fingerprint density at radius 1 is 0.857 bits per heavy atom. The molecule has 0 fully saturated rings. The molecule has 0 aliphatic rings. The zero-order chi connectivity index (χ0) is 15.1. The van der Waals surface area contributed by atoms with Crippen molar-refractivity contribution in [3.8, 4) is 0 Å². The molecule has 0 aromatic heterocycles. The number of carbonyl (C=O) groups excluding carboxylic acids is 1. The Hall–Kier alpha value is -3.08. The summed E-state index contributed by atoms with van der Waals surface area (Å²) in [7, 11) is 0. The molecule has 0 unspecified atom stereocenters. The summed E-state index contributed by atoms with van der Waals surface area (Å²) < 4.78 is 0. The van der Waals surface area contributed by atoms with Gasteiger partial charge in [0.25, 0.3) is 0 Å². The summed E-state index contributed by atoms with van der Waals surface area (Å²) in [6.07, 6.45) is 2.54. The highest BCUT2D eigenvalue weighted by atomic mass is 16.4. The van der Waals surface area contributed by atoms with Gasteiger partial charge in [-0.25, -0.2) is 9.59 Å². The molecule has 0 saturated heterocycles. The highest BCUT2D eigenvalue weighted by Crippen LogP contribution is 2.12. The number of aliphatic carboxylic acids is 1. The quantitative estimate of drug-likeness (QED) is 0.752. The van der Waals surface area contributed by atoms with Crippen molar-refractivity contribution in [2.75, 3.05) is 10.6 Å². The van der Waals surface area contributed by atoms with Gasteiger partial charge in [0.2, 0.25) is 0 Å². The highest BCUT2D eigenvalue weighted by Gasteiger charge is 2.01. The Kier molecular flexibility index (Phi) is 4.71. The summed E-state index contributed by atoms with van der Waals surface area (Å²) in [5, 5.41) is 13.9. The van der Waals surface area contributed by atoms with E-state index in [4.69, 9.17) is 5.11 Å². The Bertz CT molecular complexity index is 649. The van der Waals surface area contributed by atoms with Gasteiger partial charge in [0, 0.05) is 17.5 Å². The number of para-hydroxylation sites is 1. The average molecular weight is 282 g/mol. The number of carboxylic acids is 1. The molecule has 0 spiro atoms. The highest BCUT2D eigenvalue weighted by molar-refractivity contribution is 5.99. The van der Waals surface area contributed by atoms with Gasteiger partial charge in [-0.1, -0.05) is 30.3 Å². The lowest BCUT2D eigenvalue weighted by molar-refractivity contribution is -0.131. The number of carboxylic acid groups (broad SMARTS) is 1. The third kappa shape index (κ3) is 4.83. The van der Waals surface area contributed by atoms with Crippen LogP contribution in [0, 0.1) is 0 Å². The largest absolute Gasteiger partial charge is 0.478 e. The number of benzene rings is 2. The second-order valence-corrected chi connectivity index (χ2v) is 4.24. The van der Waals surface area contributed by atoms with Crippen LogP contribution in [0.25, 0.3) is 6.08 Å². The minimum Gasteiger partial charge on any atom is -0.478 e. The predicted octanol–water partition coefficient (Wildman–Crippen LogP) is 3.43. The first-order valence-electron chi connectivity index (χ1n) is 6.27. The van der Waals surface area contributed by atoms with E-state index in [0.29, 0.717) is 11.4 Å². The normalized spacial score (nSPS) is 10.3. The minimum atomic E-state index is -1.00. The smallest absolute Gasteiger partial charge is 0.328 e. The molecular weight excluding hydrogens is 268 g/mol. The summed E-state index contributed by atoms with van der Waals surface area (Å²) in [5.74, 6) is -1.00. The van der Waals surface area contributed by atoms with Gasteiger partial charge >= 0.3 is 12.0 Å².